The quantitative estimate of drug-likeness (QED) is 0.862. The highest BCUT2D eigenvalue weighted by Gasteiger charge is 2.37. The molecule has 6 heteroatoms. The Bertz CT molecular complexity index is 534. The average Bonchev–Trinajstić information content (AvgIpc) is 2.53. The Morgan fingerprint density at radius 3 is 2.71 bits per heavy atom. The molecule has 0 radical (unpaired) electrons. The van der Waals surface area contributed by atoms with E-state index in [1.165, 1.54) is 5.56 Å². The normalized spacial score (nSPS) is 22.1. The van der Waals surface area contributed by atoms with Crippen LogP contribution in [0.5, 0.6) is 0 Å². The Balaban J connectivity index is 2.32. The van der Waals surface area contributed by atoms with Crippen molar-refractivity contribution in [3.05, 3.63) is 35.9 Å². The van der Waals surface area contributed by atoms with E-state index in [-0.39, 0.29) is 17.2 Å². The van der Waals surface area contributed by atoms with Gasteiger partial charge in [0.2, 0.25) is 0 Å². The molecule has 0 amide bonds. The van der Waals surface area contributed by atoms with E-state index in [1.54, 1.807) is 18.7 Å². The maximum atomic E-state index is 12.4. The SMILES string of the molecule is CCS(=O)(=O)C1CSCCN1C(CNC)c1ccccc1. The van der Waals surface area contributed by atoms with Gasteiger partial charge in [0, 0.05) is 36.4 Å². The third kappa shape index (κ3) is 4.00. The van der Waals surface area contributed by atoms with Crippen molar-refractivity contribution in [2.75, 3.05) is 37.4 Å². The highest BCUT2D eigenvalue weighted by molar-refractivity contribution is 8.01. The summed E-state index contributed by atoms with van der Waals surface area (Å²) in [4.78, 5) is 2.17. The van der Waals surface area contributed by atoms with Gasteiger partial charge >= 0.3 is 0 Å². The van der Waals surface area contributed by atoms with Gasteiger partial charge < -0.3 is 5.32 Å². The second kappa shape index (κ2) is 7.63. The van der Waals surface area contributed by atoms with E-state index in [0.717, 1.165) is 18.8 Å². The first kappa shape index (κ1) is 16.8. The summed E-state index contributed by atoms with van der Waals surface area (Å²) in [6, 6.07) is 10.3. The Morgan fingerprint density at radius 2 is 2.10 bits per heavy atom. The largest absolute Gasteiger partial charge is 0.318 e. The Labute approximate surface area is 132 Å². The molecule has 0 aliphatic carbocycles. The fraction of sp³-hybridized carbons (Fsp3) is 0.600. The van der Waals surface area contributed by atoms with Crippen LogP contribution in [0.1, 0.15) is 18.5 Å². The van der Waals surface area contributed by atoms with Gasteiger partial charge in [-0.1, -0.05) is 37.3 Å². The van der Waals surface area contributed by atoms with Gasteiger partial charge in [-0.05, 0) is 12.6 Å². The van der Waals surface area contributed by atoms with Crippen molar-refractivity contribution in [3.8, 4) is 0 Å². The standard InChI is InChI=1S/C15H24N2O2S2/c1-3-21(18,19)15-12-20-10-9-17(15)14(11-16-2)13-7-5-4-6-8-13/h4-8,14-16H,3,9-12H2,1-2H3. The van der Waals surface area contributed by atoms with Gasteiger partial charge in [0.1, 0.15) is 5.37 Å². The molecule has 1 fully saturated rings. The second-order valence-corrected chi connectivity index (χ2v) is 8.80. The lowest BCUT2D eigenvalue weighted by Crippen LogP contribution is -2.51. The summed E-state index contributed by atoms with van der Waals surface area (Å²) in [6.07, 6.45) is 0. The zero-order chi connectivity index (χ0) is 15.3. The number of likely N-dealkylation sites (N-methyl/N-ethyl adjacent to an activating group) is 1. The fourth-order valence-electron chi connectivity index (χ4n) is 2.75. The Kier molecular flexibility index (Phi) is 6.10. The second-order valence-electron chi connectivity index (χ2n) is 5.20. The van der Waals surface area contributed by atoms with Gasteiger partial charge in [0.25, 0.3) is 0 Å². The molecule has 1 heterocycles. The Hall–Kier alpha value is -0.560. The average molecular weight is 329 g/mol. The van der Waals surface area contributed by atoms with Crippen molar-refractivity contribution >= 4 is 21.6 Å². The highest BCUT2D eigenvalue weighted by Crippen LogP contribution is 2.30. The third-order valence-electron chi connectivity index (χ3n) is 3.92. The van der Waals surface area contributed by atoms with E-state index in [2.05, 4.69) is 22.3 Å². The van der Waals surface area contributed by atoms with E-state index in [4.69, 9.17) is 0 Å². The lowest BCUT2D eigenvalue weighted by molar-refractivity contribution is 0.191. The van der Waals surface area contributed by atoms with Crippen LogP contribution in [0.2, 0.25) is 0 Å². The lowest BCUT2D eigenvalue weighted by atomic mass is 10.1. The smallest absolute Gasteiger partial charge is 0.166 e. The molecule has 1 aromatic rings. The molecule has 21 heavy (non-hydrogen) atoms. The molecule has 2 unspecified atom stereocenters. The van der Waals surface area contributed by atoms with E-state index < -0.39 is 9.84 Å². The van der Waals surface area contributed by atoms with Crippen LogP contribution in [0.15, 0.2) is 30.3 Å². The number of nitrogens with zero attached hydrogens (tertiary/aromatic N) is 1. The molecule has 118 valence electrons. The number of sulfone groups is 1. The number of thioether (sulfide) groups is 1. The predicted molar refractivity (Wildman–Crippen MR) is 90.4 cm³/mol. The molecular weight excluding hydrogens is 304 g/mol. The number of rotatable bonds is 6. The summed E-state index contributed by atoms with van der Waals surface area (Å²) in [7, 11) is -1.15. The van der Waals surface area contributed by atoms with Gasteiger partial charge in [-0.15, -0.1) is 0 Å². The molecule has 1 aromatic carbocycles. The first-order valence-electron chi connectivity index (χ1n) is 7.34. The summed E-state index contributed by atoms with van der Waals surface area (Å²) in [5.41, 5.74) is 1.18. The lowest BCUT2D eigenvalue weighted by Gasteiger charge is -2.40. The summed E-state index contributed by atoms with van der Waals surface area (Å²) in [6.45, 7) is 3.31. The van der Waals surface area contributed by atoms with E-state index in [0.29, 0.717) is 5.75 Å². The van der Waals surface area contributed by atoms with E-state index in [9.17, 15) is 8.42 Å². The van der Waals surface area contributed by atoms with Crippen molar-refractivity contribution < 1.29 is 8.42 Å². The van der Waals surface area contributed by atoms with Gasteiger partial charge in [-0.25, -0.2) is 8.42 Å². The summed E-state index contributed by atoms with van der Waals surface area (Å²) in [5.74, 6) is 1.86. The van der Waals surface area contributed by atoms with Crippen molar-refractivity contribution in [2.45, 2.75) is 18.3 Å². The van der Waals surface area contributed by atoms with Crippen LogP contribution < -0.4 is 5.32 Å². The molecule has 0 saturated carbocycles. The molecule has 1 saturated heterocycles. The first-order chi connectivity index (χ1) is 10.1. The molecule has 1 aliphatic heterocycles. The van der Waals surface area contributed by atoms with E-state index in [1.807, 2.05) is 25.2 Å². The van der Waals surface area contributed by atoms with Crippen molar-refractivity contribution in [3.63, 3.8) is 0 Å². The molecule has 0 spiro atoms. The van der Waals surface area contributed by atoms with E-state index >= 15 is 0 Å². The van der Waals surface area contributed by atoms with Crippen LogP contribution in [0, 0.1) is 0 Å². The molecule has 1 aliphatic rings. The number of benzene rings is 1. The predicted octanol–water partition coefficient (Wildman–Crippen LogP) is 1.76. The van der Waals surface area contributed by atoms with Gasteiger partial charge in [-0.3, -0.25) is 4.90 Å². The molecule has 1 N–H and O–H groups in total. The summed E-state index contributed by atoms with van der Waals surface area (Å²) in [5, 5.41) is 2.84. The van der Waals surface area contributed by atoms with Crippen LogP contribution in [0.25, 0.3) is 0 Å². The number of nitrogens with one attached hydrogen (secondary N) is 1. The molecule has 4 nitrogen and oxygen atoms in total. The van der Waals surface area contributed by atoms with Crippen LogP contribution in [0.4, 0.5) is 0 Å². The molecular formula is C15H24N2O2S2. The third-order valence-corrected chi connectivity index (χ3v) is 7.23. The van der Waals surface area contributed by atoms with Crippen molar-refractivity contribution in [2.24, 2.45) is 0 Å². The highest BCUT2D eigenvalue weighted by atomic mass is 32.2. The van der Waals surface area contributed by atoms with Crippen LogP contribution >= 0.6 is 11.8 Å². The zero-order valence-corrected chi connectivity index (χ0v) is 14.3. The monoisotopic (exact) mass is 328 g/mol. The maximum Gasteiger partial charge on any atom is 0.166 e. The van der Waals surface area contributed by atoms with Crippen LogP contribution in [-0.4, -0.2) is 56.1 Å². The summed E-state index contributed by atoms with van der Waals surface area (Å²) < 4.78 is 24.9. The molecule has 2 atom stereocenters. The zero-order valence-electron chi connectivity index (χ0n) is 12.7. The topological polar surface area (TPSA) is 49.4 Å². The van der Waals surface area contributed by atoms with Crippen LogP contribution in [-0.2, 0) is 9.84 Å². The van der Waals surface area contributed by atoms with Gasteiger partial charge in [-0.2, -0.15) is 11.8 Å². The number of hydrogen-bond acceptors (Lipinski definition) is 5. The van der Waals surface area contributed by atoms with Crippen molar-refractivity contribution in [1.29, 1.82) is 0 Å². The molecule has 0 bridgehead atoms. The molecule has 0 aromatic heterocycles. The first-order valence-corrected chi connectivity index (χ1v) is 10.2. The minimum atomic E-state index is -3.06. The Morgan fingerprint density at radius 1 is 1.38 bits per heavy atom. The van der Waals surface area contributed by atoms with Crippen LogP contribution in [0.3, 0.4) is 0 Å². The van der Waals surface area contributed by atoms with Crippen molar-refractivity contribution in [1.82, 2.24) is 10.2 Å². The minimum absolute atomic E-state index is 0.100. The fourth-order valence-corrected chi connectivity index (χ4v) is 5.82. The molecule has 2 rings (SSSR count). The maximum absolute atomic E-state index is 12.4. The number of hydrogen-bond donors (Lipinski definition) is 1. The van der Waals surface area contributed by atoms with Gasteiger partial charge in [0.15, 0.2) is 9.84 Å². The minimum Gasteiger partial charge on any atom is -0.318 e. The van der Waals surface area contributed by atoms with Gasteiger partial charge in [0.05, 0.1) is 0 Å². The summed E-state index contributed by atoms with van der Waals surface area (Å²) >= 11 is 1.74.